The Morgan fingerprint density at radius 2 is 1.91 bits per heavy atom. The van der Waals surface area contributed by atoms with Gasteiger partial charge in [-0.05, 0) is 49.0 Å². The zero-order valence-corrected chi connectivity index (χ0v) is 13.3. The maximum Gasteiger partial charge on any atom is 0.273 e. The van der Waals surface area contributed by atoms with Gasteiger partial charge < -0.3 is 10.4 Å². The molecule has 22 heavy (non-hydrogen) atoms. The van der Waals surface area contributed by atoms with E-state index in [9.17, 15) is 9.90 Å². The lowest BCUT2D eigenvalue weighted by molar-refractivity contribution is 0.0941. The highest BCUT2D eigenvalue weighted by molar-refractivity contribution is 7.80. The van der Waals surface area contributed by atoms with Crippen molar-refractivity contribution in [2.75, 3.05) is 5.32 Å². The van der Waals surface area contributed by atoms with Gasteiger partial charge in [0.15, 0.2) is 5.11 Å². The Bertz CT molecular complexity index is 722. The predicted octanol–water partition coefficient (Wildman–Crippen LogP) is 2.99. The highest BCUT2D eigenvalue weighted by Crippen LogP contribution is 2.19. The second-order valence-corrected chi connectivity index (χ2v) is 5.33. The van der Waals surface area contributed by atoms with E-state index in [2.05, 4.69) is 16.2 Å². The standard InChI is InChI=1S/C15H14ClN3O2S/c1-9-6-7-10(8-12(9)16)17-15(22)19-18-14(21)11-4-2-3-5-13(11)20/h2-8,20H,1H3,(H,18,21)(H2,17,19,22). The van der Waals surface area contributed by atoms with Crippen LogP contribution in [0.3, 0.4) is 0 Å². The van der Waals surface area contributed by atoms with Crippen molar-refractivity contribution in [1.82, 2.24) is 10.9 Å². The van der Waals surface area contributed by atoms with E-state index in [1.54, 1.807) is 18.2 Å². The zero-order valence-electron chi connectivity index (χ0n) is 11.7. The molecule has 0 heterocycles. The number of benzene rings is 2. The minimum atomic E-state index is -0.496. The SMILES string of the molecule is Cc1ccc(NC(=S)NNC(=O)c2ccccc2O)cc1Cl. The quantitative estimate of drug-likeness (QED) is 0.501. The Balaban J connectivity index is 1.91. The summed E-state index contributed by atoms with van der Waals surface area (Å²) in [6.45, 7) is 1.90. The average Bonchev–Trinajstić information content (AvgIpc) is 2.49. The third-order valence-corrected chi connectivity index (χ3v) is 3.48. The fourth-order valence-corrected chi connectivity index (χ4v) is 2.03. The lowest BCUT2D eigenvalue weighted by atomic mass is 10.2. The summed E-state index contributed by atoms with van der Waals surface area (Å²) in [7, 11) is 0. The fraction of sp³-hybridized carbons (Fsp3) is 0.0667. The molecule has 0 bridgehead atoms. The van der Waals surface area contributed by atoms with Crippen LogP contribution in [0, 0.1) is 6.92 Å². The lowest BCUT2D eigenvalue weighted by Gasteiger charge is -2.12. The number of para-hydroxylation sites is 1. The molecule has 0 fully saturated rings. The van der Waals surface area contributed by atoms with Gasteiger partial charge in [-0.2, -0.15) is 0 Å². The van der Waals surface area contributed by atoms with E-state index in [1.807, 2.05) is 19.1 Å². The van der Waals surface area contributed by atoms with Crippen molar-refractivity contribution in [1.29, 1.82) is 0 Å². The summed E-state index contributed by atoms with van der Waals surface area (Å²) < 4.78 is 0. The summed E-state index contributed by atoms with van der Waals surface area (Å²) in [4.78, 5) is 11.9. The van der Waals surface area contributed by atoms with Gasteiger partial charge in [0.05, 0.1) is 5.56 Å². The molecule has 2 rings (SSSR count). The Kier molecular flexibility index (Phi) is 5.19. The number of carbonyl (C=O) groups is 1. The third kappa shape index (κ3) is 4.09. The maximum absolute atomic E-state index is 11.9. The third-order valence-electron chi connectivity index (χ3n) is 2.87. The monoisotopic (exact) mass is 335 g/mol. The van der Waals surface area contributed by atoms with E-state index < -0.39 is 5.91 Å². The smallest absolute Gasteiger partial charge is 0.273 e. The van der Waals surface area contributed by atoms with Crippen LogP contribution < -0.4 is 16.2 Å². The Morgan fingerprint density at radius 1 is 1.18 bits per heavy atom. The van der Waals surface area contributed by atoms with E-state index in [0.717, 1.165) is 5.56 Å². The molecule has 0 aliphatic heterocycles. The van der Waals surface area contributed by atoms with Crippen molar-refractivity contribution in [3.05, 3.63) is 58.6 Å². The van der Waals surface area contributed by atoms with Crippen LogP contribution in [0.1, 0.15) is 15.9 Å². The first-order chi connectivity index (χ1) is 10.5. The van der Waals surface area contributed by atoms with E-state index in [0.29, 0.717) is 10.7 Å². The average molecular weight is 336 g/mol. The first kappa shape index (κ1) is 16.1. The Labute approximate surface area is 138 Å². The number of amides is 1. The number of thiocarbonyl (C=S) groups is 1. The molecule has 0 aliphatic rings. The Morgan fingerprint density at radius 3 is 2.59 bits per heavy atom. The topological polar surface area (TPSA) is 73.4 Å². The van der Waals surface area contributed by atoms with Gasteiger partial charge in [-0.15, -0.1) is 0 Å². The number of halogens is 1. The summed E-state index contributed by atoms with van der Waals surface area (Å²) in [6, 6.07) is 11.6. The fourth-order valence-electron chi connectivity index (χ4n) is 1.68. The van der Waals surface area contributed by atoms with Crippen molar-refractivity contribution < 1.29 is 9.90 Å². The molecule has 1 amide bonds. The highest BCUT2D eigenvalue weighted by atomic mass is 35.5. The number of hydrazine groups is 1. The predicted molar refractivity (Wildman–Crippen MR) is 91.1 cm³/mol. The van der Waals surface area contributed by atoms with Crippen LogP contribution in [-0.4, -0.2) is 16.1 Å². The van der Waals surface area contributed by atoms with Crippen molar-refractivity contribution in [3.63, 3.8) is 0 Å². The van der Waals surface area contributed by atoms with E-state index in [4.69, 9.17) is 23.8 Å². The molecule has 0 aliphatic carbocycles. The van der Waals surface area contributed by atoms with E-state index in [1.165, 1.54) is 12.1 Å². The molecule has 0 radical (unpaired) electrons. The summed E-state index contributed by atoms with van der Waals surface area (Å²) in [5.74, 6) is -0.602. The number of phenolic OH excluding ortho intramolecular Hbond substituents is 1. The zero-order chi connectivity index (χ0) is 16.1. The number of hydrogen-bond acceptors (Lipinski definition) is 3. The van der Waals surface area contributed by atoms with Crippen molar-refractivity contribution in [3.8, 4) is 5.75 Å². The lowest BCUT2D eigenvalue weighted by Crippen LogP contribution is -2.43. The van der Waals surface area contributed by atoms with Gasteiger partial charge in [0, 0.05) is 10.7 Å². The molecule has 0 saturated heterocycles. The molecule has 5 nitrogen and oxygen atoms in total. The number of phenols is 1. The number of hydrogen-bond donors (Lipinski definition) is 4. The second kappa shape index (κ2) is 7.11. The number of carbonyl (C=O) groups excluding carboxylic acids is 1. The summed E-state index contributed by atoms with van der Waals surface area (Å²) >= 11 is 11.1. The van der Waals surface area contributed by atoms with Gasteiger partial charge in [-0.1, -0.05) is 29.8 Å². The molecule has 2 aromatic carbocycles. The largest absolute Gasteiger partial charge is 0.507 e. The summed E-state index contributed by atoms with van der Waals surface area (Å²) in [6.07, 6.45) is 0. The second-order valence-electron chi connectivity index (χ2n) is 4.51. The number of rotatable bonds is 2. The van der Waals surface area contributed by atoms with Crippen molar-refractivity contribution in [2.24, 2.45) is 0 Å². The van der Waals surface area contributed by atoms with Crippen LogP contribution in [0.4, 0.5) is 5.69 Å². The summed E-state index contributed by atoms with van der Waals surface area (Å²) in [5, 5.41) is 13.3. The van der Waals surface area contributed by atoms with Crippen LogP contribution in [-0.2, 0) is 0 Å². The molecule has 0 spiro atoms. The minimum Gasteiger partial charge on any atom is -0.507 e. The minimum absolute atomic E-state index is 0.106. The molecule has 4 N–H and O–H groups in total. The van der Waals surface area contributed by atoms with Gasteiger partial charge in [0.25, 0.3) is 5.91 Å². The number of nitrogens with one attached hydrogen (secondary N) is 3. The summed E-state index contributed by atoms with van der Waals surface area (Å²) in [5.41, 5.74) is 6.76. The van der Waals surface area contributed by atoms with Crippen LogP contribution in [0.2, 0.25) is 5.02 Å². The van der Waals surface area contributed by atoms with Crippen LogP contribution >= 0.6 is 23.8 Å². The molecule has 0 aromatic heterocycles. The highest BCUT2D eigenvalue weighted by Gasteiger charge is 2.10. The first-order valence-corrected chi connectivity index (χ1v) is 7.17. The van der Waals surface area contributed by atoms with Gasteiger partial charge in [-0.25, -0.2) is 0 Å². The van der Waals surface area contributed by atoms with Gasteiger partial charge in [0.1, 0.15) is 5.75 Å². The maximum atomic E-state index is 11.9. The molecule has 0 atom stereocenters. The molecule has 2 aromatic rings. The Hall–Kier alpha value is -2.31. The van der Waals surface area contributed by atoms with Gasteiger partial charge in [-0.3, -0.25) is 15.6 Å². The molecule has 0 saturated carbocycles. The van der Waals surface area contributed by atoms with Crippen LogP contribution in [0.15, 0.2) is 42.5 Å². The van der Waals surface area contributed by atoms with Gasteiger partial charge in [0.2, 0.25) is 0 Å². The van der Waals surface area contributed by atoms with Crippen LogP contribution in [0.25, 0.3) is 0 Å². The first-order valence-electron chi connectivity index (χ1n) is 6.39. The number of aryl methyl sites for hydroxylation is 1. The molecule has 114 valence electrons. The van der Waals surface area contributed by atoms with Crippen molar-refractivity contribution in [2.45, 2.75) is 6.92 Å². The normalized spacial score (nSPS) is 9.91. The molecular weight excluding hydrogens is 322 g/mol. The molecular formula is C15H14ClN3O2S. The van der Waals surface area contributed by atoms with Crippen LogP contribution in [0.5, 0.6) is 5.75 Å². The molecule has 0 unspecified atom stereocenters. The number of anilines is 1. The van der Waals surface area contributed by atoms with Gasteiger partial charge >= 0.3 is 0 Å². The van der Waals surface area contributed by atoms with E-state index in [-0.39, 0.29) is 16.4 Å². The molecule has 7 heteroatoms. The van der Waals surface area contributed by atoms with E-state index >= 15 is 0 Å². The number of aromatic hydroxyl groups is 1. The van der Waals surface area contributed by atoms with Crippen molar-refractivity contribution >= 4 is 40.5 Å².